The molecule has 2 aromatic carbocycles. The predicted octanol–water partition coefficient (Wildman–Crippen LogP) is 8.28. The summed E-state index contributed by atoms with van der Waals surface area (Å²) in [5.74, 6) is 1.01. The summed E-state index contributed by atoms with van der Waals surface area (Å²) in [6.45, 7) is 0. The van der Waals surface area contributed by atoms with Crippen molar-refractivity contribution in [2.24, 2.45) is 11.8 Å². The van der Waals surface area contributed by atoms with E-state index in [1.807, 2.05) is 0 Å². The van der Waals surface area contributed by atoms with Gasteiger partial charge in [-0.15, -0.1) is 0 Å². The molecule has 0 radical (unpaired) electrons. The fourth-order valence-corrected chi connectivity index (χ4v) is 7.67. The molecule has 1 fully saturated rings. The van der Waals surface area contributed by atoms with Crippen LogP contribution in [0.25, 0.3) is 22.2 Å². The van der Waals surface area contributed by atoms with Gasteiger partial charge in [0, 0.05) is 34.3 Å². The zero-order chi connectivity index (χ0) is 25.1. The van der Waals surface area contributed by atoms with Gasteiger partial charge in [-0.2, -0.15) is 0 Å². The van der Waals surface area contributed by atoms with Gasteiger partial charge in [-0.05, 0) is 85.6 Å². The minimum atomic E-state index is 0.353. The molecule has 2 heterocycles. The van der Waals surface area contributed by atoms with E-state index < -0.39 is 0 Å². The highest BCUT2D eigenvalue weighted by molar-refractivity contribution is 5.93. The standard InChI is InChI=1S/C36H34N2/c1-3-11-27(12-4-1)37-34-18-10-8-16-30(34)32-23-25(20-22-35(32)37)26-19-21-31-29-15-7-9-17-33(29)38(36(31)24-26)28-13-5-2-6-14-28/h2-3,5-7,9,11-15,17,19-24,29,31,33,36H,1,4,8,10,16,18H2. The van der Waals surface area contributed by atoms with Crippen LogP contribution in [0, 0.1) is 11.8 Å². The second-order valence-electron chi connectivity index (χ2n) is 11.4. The molecule has 4 atom stereocenters. The van der Waals surface area contributed by atoms with Crippen LogP contribution in [0.15, 0.2) is 109 Å². The Morgan fingerprint density at radius 3 is 2.53 bits per heavy atom. The van der Waals surface area contributed by atoms with Gasteiger partial charge in [0.2, 0.25) is 0 Å². The van der Waals surface area contributed by atoms with Crippen LogP contribution in [-0.4, -0.2) is 16.7 Å². The first-order chi connectivity index (χ1) is 18.9. The van der Waals surface area contributed by atoms with Crippen LogP contribution in [0.4, 0.5) is 5.69 Å². The highest BCUT2D eigenvalue weighted by atomic mass is 15.2. The van der Waals surface area contributed by atoms with Crippen molar-refractivity contribution < 1.29 is 0 Å². The van der Waals surface area contributed by atoms with E-state index in [1.165, 1.54) is 59.1 Å². The number of anilines is 1. The summed E-state index contributed by atoms with van der Waals surface area (Å²) in [6.07, 6.45) is 31.1. The van der Waals surface area contributed by atoms with Crippen molar-refractivity contribution in [3.8, 4) is 0 Å². The SMILES string of the molecule is C1=CC2C3C=CC(c4ccc5c(c4)c4c(n5C5=CCCC=C5)CCCC4)=CC3N(c3ccccc3)C2C=C1. The smallest absolute Gasteiger partial charge is 0.0557 e. The van der Waals surface area contributed by atoms with Crippen molar-refractivity contribution in [3.63, 3.8) is 0 Å². The summed E-state index contributed by atoms with van der Waals surface area (Å²) in [4.78, 5) is 2.65. The summed E-state index contributed by atoms with van der Waals surface area (Å²) in [5, 5.41) is 1.46. The number of rotatable bonds is 3. The molecule has 1 saturated heterocycles. The largest absolute Gasteiger partial charge is 0.357 e. The van der Waals surface area contributed by atoms with E-state index in [0.717, 1.165) is 12.8 Å². The lowest BCUT2D eigenvalue weighted by Gasteiger charge is -2.32. The lowest BCUT2D eigenvalue weighted by molar-refractivity contribution is 0.528. The number of hydrogen-bond donors (Lipinski definition) is 0. The fourth-order valence-electron chi connectivity index (χ4n) is 7.67. The van der Waals surface area contributed by atoms with Crippen molar-refractivity contribution in [3.05, 3.63) is 126 Å². The van der Waals surface area contributed by atoms with E-state index in [2.05, 4.69) is 119 Å². The molecule has 3 aromatic rings. The molecule has 5 aliphatic rings. The number of allylic oxidation sites excluding steroid dienone is 8. The Bertz CT molecular complexity index is 1590. The number of para-hydroxylation sites is 1. The van der Waals surface area contributed by atoms with E-state index in [9.17, 15) is 0 Å². The maximum absolute atomic E-state index is 2.65. The number of nitrogens with zero attached hydrogens (tertiary/aromatic N) is 2. The third-order valence-corrected chi connectivity index (χ3v) is 9.37. The van der Waals surface area contributed by atoms with Gasteiger partial charge < -0.3 is 9.47 Å². The molecule has 188 valence electrons. The molecular formula is C36H34N2. The summed E-state index contributed by atoms with van der Waals surface area (Å²) in [6, 6.07) is 19.0. The summed E-state index contributed by atoms with van der Waals surface area (Å²) < 4.78 is 2.57. The number of aryl methyl sites for hydroxylation is 1. The molecule has 0 N–H and O–H groups in total. The molecule has 0 bridgehead atoms. The fraction of sp³-hybridized carbons (Fsp3) is 0.278. The second kappa shape index (κ2) is 8.91. The Balaban J connectivity index is 1.23. The zero-order valence-electron chi connectivity index (χ0n) is 21.8. The Labute approximate surface area is 225 Å². The molecule has 4 unspecified atom stereocenters. The monoisotopic (exact) mass is 494 g/mol. The second-order valence-corrected chi connectivity index (χ2v) is 11.4. The van der Waals surface area contributed by atoms with Crippen LogP contribution in [-0.2, 0) is 12.8 Å². The van der Waals surface area contributed by atoms with Crippen molar-refractivity contribution >= 4 is 27.9 Å². The van der Waals surface area contributed by atoms with Crippen LogP contribution < -0.4 is 4.90 Å². The predicted molar refractivity (Wildman–Crippen MR) is 160 cm³/mol. The van der Waals surface area contributed by atoms with Gasteiger partial charge >= 0.3 is 0 Å². The van der Waals surface area contributed by atoms with Crippen molar-refractivity contribution in [1.82, 2.24) is 4.57 Å². The summed E-state index contributed by atoms with van der Waals surface area (Å²) in [7, 11) is 0. The van der Waals surface area contributed by atoms with Gasteiger partial charge in [0.25, 0.3) is 0 Å². The van der Waals surface area contributed by atoms with Gasteiger partial charge in [0.05, 0.1) is 17.6 Å². The van der Waals surface area contributed by atoms with Gasteiger partial charge in [-0.25, -0.2) is 0 Å². The van der Waals surface area contributed by atoms with Crippen LogP contribution in [0.1, 0.15) is 42.5 Å². The normalized spacial score (nSPS) is 27.2. The quantitative estimate of drug-likeness (QED) is 0.356. The molecular weight excluding hydrogens is 460 g/mol. The minimum absolute atomic E-state index is 0.353. The summed E-state index contributed by atoms with van der Waals surface area (Å²) >= 11 is 0. The van der Waals surface area contributed by atoms with E-state index in [1.54, 1.807) is 11.3 Å². The van der Waals surface area contributed by atoms with E-state index >= 15 is 0 Å². The highest BCUT2D eigenvalue weighted by Gasteiger charge is 2.46. The molecule has 2 nitrogen and oxygen atoms in total. The van der Waals surface area contributed by atoms with Crippen LogP contribution >= 0.6 is 0 Å². The van der Waals surface area contributed by atoms with E-state index in [-0.39, 0.29) is 0 Å². The molecule has 1 aliphatic heterocycles. The number of benzene rings is 2. The third-order valence-electron chi connectivity index (χ3n) is 9.37. The number of hydrogen-bond acceptors (Lipinski definition) is 1. The van der Waals surface area contributed by atoms with Gasteiger partial charge in [-0.3, -0.25) is 0 Å². The maximum atomic E-state index is 2.65. The molecule has 1 aromatic heterocycles. The molecule has 8 rings (SSSR count). The Morgan fingerprint density at radius 2 is 1.63 bits per heavy atom. The highest BCUT2D eigenvalue weighted by Crippen LogP contribution is 2.46. The number of fused-ring (bicyclic) bond motifs is 6. The topological polar surface area (TPSA) is 8.17 Å². The van der Waals surface area contributed by atoms with Gasteiger partial charge in [0.1, 0.15) is 0 Å². The summed E-state index contributed by atoms with van der Waals surface area (Å²) in [5.41, 5.74) is 9.89. The maximum Gasteiger partial charge on any atom is 0.0557 e. The Kier molecular flexibility index (Phi) is 5.21. The molecule has 0 amide bonds. The van der Waals surface area contributed by atoms with Crippen molar-refractivity contribution in [1.29, 1.82) is 0 Å². The number of aromatic nitrogens is 1. The third kappa shape index (κ3) is 3.39. The van der Waals surface area contributed by atoms with Crippen molar-refractivity contribution in [2.75, 3.05) is 4.90 Å². The first-order valence-electron chi connectivity index (χ1n) is 14.5. The lowest BCUT2D eigenvalue weighted by Crippen LogP contribution is -2.36. The van der Waals surface area contributed by atoms with Crippen molar-refractivity contribution in [2.45, 2.75) is 50.6 Å². The lowest BCUT2D eigenvalue weighted by atomic mass is 9.81. The van der Waals surface area contributed by atoms with Gasteiger partial charge in [-0.1, -0.05) is 78.9 Å². The first kappa shape index (κ1) is 22.2. The minimum Gasteiger partial charge on any atom is -0.357 e. The van der Waals surface area contributed by atoms with E-state index in [0.29, 0.717) is 23.9 Å². The average Bonchev–Trinajstić information content (AvgIpc) is 3.50. The van der Waals surface area contributed by atoms with E-state index in [4.69, 9.17) is 0 Å². The molecule has 0 saturated carbocycles. The molecule has 4 aliphatic carbocycles. The van der Waals surface area contributed by atoms with Crippen LogP contribution in [0.5, 0.6) is 0 Å². The van der Waals surface area contributed by atoms with Crippen LogP contribution in [0.3, 0.4) is 0 Å². The zero-order valence-corrected chi connectivity index (χ0v) is 21.8. The Hall–Kier alpha value is -3.78. The molecule has 38 heavy (non-hydrogen) atoms. The van der Waals surface area contributed by atoms with Gasteiger partial charge in [0.15, 0.2) is 0 Å². The Morgan fingerprint density at radius 1 is 0.763 bits per heavy atom. The molecule has 2 heteroatoms. The average molecular weight is 495 g/mol. The first-order valence-corrected chi connectivity index (χ1v) is 14.5. The van der Waals surface area contributed by atoms with Crippen LogP contribution in [0.2, 0.25) is 0 Å². The molecule has 0 spiro atoms.